The van der Waals surface area contributed by atoms with Crippen LogP contribution in [0, 0.1) is 0 Å². The molecule has 138 valence electrons. The summed E-state index contributed by atoms with van der Waals surface area (Å²) in [6.07, 6.45) is 4.31. The fraction of sp³-hybridized carbons (Fsp3) is 0.611. The zero-order chi connectivity index (χ0) is 16.6. The van der Waals surface area contributed by atoms with E-state index in [1.54, 1.807) is 0 Å². The third kappa shape index (κ3) is 3.81. The number of aliphatic imine (C=N–C) groups is 1. The molecule has 1 aliphatic carbocycles. The molecule has 1 aromatic rings. The quantitative estimate of drug-likeness (QED) is 0.426. The van der Waals surface area contributed by atoms with Crippen molar-refractivity contribution in [3.05, 3.63) is 23.8 Å². The van der Waals surface area contributed by atoms with E-state index in [0.717, 1.165) is 37.6 Å². The Balaban J connectivity index is 0.00000182. The second-order valence-corrected chi connectivity index (χ2v) is 6.98. The SMILES string of the molecule is CN(C(N)=NCC1(c2ccc3c(c2)OCO3)CCOCC1)C1CC1.I. The predicted octanol–water partition coefficient (Wildman–Crippen LogP) is 2.49. The van der Waals surface area contributed by atoms with Gasteiger partial charge in [-0.05, 0) is 43.4 Å². The van der Waals surface area contributed by atoms with Gasteiger partial charge in [0.15, 0.2) is 17.5 Å². The average molecular weight is 459 g/mol. The molecule has 0 amide bonds. The Bertz CT molecular complexity index is 642. The molecule has 2 fully saturated rings. The van der Waals surface area contributed by atoms with Gasteiger partial charge in [0.25, 0.3) is 0 Å². The van der Waals surface area contributed by atoms with Crippen LogP contribution in [0.5, 0.6) is 11.5 Å². The molecule has 3 aliphatic rings. The highest BCUT2D eigenvalue weighted by Crippen LogP contribution is 2.41. The van der Waals surface area contributed by atoms with Gasteiger partial charge in [0, 0.05) is 31.7 Å². The molecule has 2 N–H and O–H groups in total. The van der Waals surface area contributed by atoms with Gasteiger partial charge in [0.2, 0.25) is 6.79 Å². The number of guanidine groups is 1. The van der Waals surface area contributed by atoms with Crippen molar-refractivity contribution in [3.63, 3.8) is 0 Å². The number of nitrogens with two attached hydrogens (primary N) is 1. The highest BCUT2D eigenvalue weighted by molar-refractivity contribution is 14.0. The second-order valence-electron chi connectivity index (χ2n) is 6.98. The molecule has 1 saturated heterocycles. The van der Waals surface area contributed by atoms with Gasteiger partial charge in [-0.3, -0.25) is 4.99 Å². The van der Waals surface area contributed by atoms with E-state index in [1.165, 1.54) is 18.4 Å². The van der Waals surface area contributed by atoms with Gasteiger partial charge in [-0.25, -0.2) is 0 Å². The monoisotopic (exact) mass is 459 g/mol. The number of hydrogen-bond acceptors (Lipinski definition) is 4. The number of halogens is 1. The molecule has 4 rings (SSSR count). The van der Waals surface area contributed by atoms with E-state index in [4.69, 9.17) is 24.9 Å². The van der Waals surface area contributed by atoms with Gasteiger partial charge >= 0.3 is 0 Å². The summed E-state index contributed by atoms with van der Waals surface area (Å²) in [6, 6.07) is 6.81. The van der Waals surface area contributed by atoms with Crippen LogP contribution in [0.1, 0.15) is 31.2 Å². The van der Waals surface area contributed by atoms with Gasteiger partial charge in [-0.1, -0.05) is 6.07 Å². The van der Waals surface area contributed by atoms with Crippen molar-refractivity contribution in [3.8, 4) is 11.5 Å². The lowest BCUT2D eigenvalue weighted by Crippen LogP contribution is -2.40. The molecule has 1 saturated carbocycles. The summed E-state index contributed by atoms with van der Waals surface area (Å²) < 4.78 is 16.6. The van der Waals surface area contributed by atoms with Crippen LogP contribution in [0.4, 0.5) is 0 Å². The smallest absolute Gasteiger partial charge is 0.231 e. The Labute approximate surface area is 165 Å². The highest BCUT2D eigenvalue weighted by atomic mass is 127. The van der Waals surface area contributed by atoms with Crippen molar-refractivity contribution in [2.24, 2.45) is 10.7 Å². The molecule has 0 atom stereocenters. The van der Waals surface area contributed by atoms with Crippen molar-refractivity contribution in [2.75, 3.05) is 33.6 Å². The van der Waals surface area contributed by atoms with Crippen molar-refractivity contribution < 1.29 is 14.2 Å². The van der Waals surface area contributed by atoms with E-state index in [0.29, 0.717) is 25.3 Å². The summed E-state index contributed by atoms with van der Waals surface area (Å²) in [6.45, 7) is 2.48. The topological polar surface area (TPSA) is 69.3 Å². The van der Waals surface area contributed by atoms with E-state index >= 15 is 0 Å². The summed E-state index contributed by atoms with van der Waals surface area (Å²) in [5.41, 5.74) is 7.39. The lowest BCUT2D eigenvalue weighted by molar-refractivity contribution is 0.0530. The van der Waals surface area contributed by atoms with Crippen LogP contribution in [0.2, 0.25) is 0 Å². The largest absolute Gasteiger partial charge is 0.454 e. The Morgan fingerprint density at radius 2 is 1.96 bits per heavy atom. The fourth-order valence-electron chi connectivity index (χ4n) is 3.52. The molecule has 25 heavy (non-hydrogen) atoms. The van der Waals surface area contributed by atoms with Crippen LogP contribution in [0.3, 0.4) is 0 Å². The van der Waals surface area contributed by atoms with Gasteiger partial charge in [-0.2, -0.15) is 0 Å². The van der Waals surface area contributed by atoms with E-state index < -0.39 is 0 Å². The zero-order valence-corrected chi connectivity index (χ0v) is 16.9. The van der Waals surface area contributed by atoms with Crippen LogP contribution >= 0.6 is 24.0 Å². The average Bonchev–Trinajstić information content (AvgIpc) is 3.36. The van der Waals surface area contributed by atoms with Gasteiger partial charge in [0.05, 0.1) is 6.54 Å². The first-order valence-corrected chi connectivity index (χ1v) is 8.69. The molecule has 0 bridgehead atoms. The molecular weight excluding hydrogens is 433 g/mol. The Kier molecular flexibility index (Phi) is 5.62. The molecule has 7 heteroatoms. The number of hydrogen-bond donors (Lipinski definition) is 1. The molecule has 0 unspecified atom stereocenters. The summed E-state index contributed by atoms with van der Waals surface area (Å²) in [5.74, 6) is 2.28. The molecular formula is C18H26IN3O3. The first-order chi connectivity index (χ1) is 11.7. The Morgan fingerprint density at radius 3 is 2.68 bits per heavy atom. The van der Waals surface area contributed by atoms with E-state index in [-0.39, 0.29) is 29.4 Å². The summed E-state index contributed by atoms with van der Waals surface area (Å²) in [4.78, 5) is 6.85. The minimum Gasteiger partial charge on any atom is -0.454 e. The highest BCUT2D eigenvalue weighted by Gasteiger charge is 2.36. The summed E-state index contributed by atoms with van der Waals surface area (Å²) in [7, 11) is 2.04. The number of nitrogens with zero attached hydrogens (tertiary/aromatic N) is 2. The van der Waals surface area contributed by atoms with Crippen molar-refractivity contribution in [2.45, 2.75) is 37.1 Å². The molecule has 0 radical (unpaired) electrons. The van der Waals surface area contributed by atoms with Crippen molar-refractivity contribution in [1.29, 1.82) is 0 Å². The number of benzene rings is 1. The maximum absolute atomic E-state index is 6.20. The summed E-state index contributed by atoms with van der Waals surface area (Å²) >= 11 is 0. The molecule has 0 aromatic heterocycles. The number of rotatable bonds is 4. The standard InChI is InChI=1S/C18H25N3O3.HI/c1-21(14-3-4-14)17(19)20-11-18(6-8-22-9-7-18)13-2-5-15-16(10-13)24-12-23-15;/h2,5,10,14H,3-4,6-9,11-12H2,1H3,(H2,19,20);1H. The van der Waals surface area contributed by atoms with Crippen LogP contribution < -0.4 is 15.2 Å². The van der Waals surface area contributed by atoms with Crippen LogP contribution in [-0.2, 0) is 10.2 Å². The number of ether oxygens (including phenoxy) is 3. The van der Waals surface area contributed by atoms with Crippen LogP contribution in [0.15, 0.2) is 23.2 Å². The zero-order valence-electron chi connectivity index (χ0n) is 14.6. The molecule has 2 aliphatic heterocycles. The maximum Gasteiger partial charge on any atom is 0.231 e. The maximum atomic E-state index is 6.20. The Hall–Kier alpha value is -1.22. The lowest BCUT2D eigenvalue weighted by Gasteiger charge is -2.37. The first-order valence-electron chi connectivity index (χ1n) is 8.69. The fourth-order valence-corrected chi connectivity index (χ4v) is 3.52. The van der Waals surface area contributed by atoms with E-state index in [9.17, 15) is 0 Å². The molecule has 0 spiro atoms. The third-order valence-electron chi connectivity index (χ3n) is 5.43. The Morgan fingerprint density at radius 1 is 1.24 bits per heavy atom. The van der Waals surface area contributed by atoms with Gasteiger partial charge in [0.1, 0.15) is 0 Å². The minimum absolute atomic E-state index is 0. The summed E-state index contributed by atoms with van der Waals surface area (Å²) in [5, 5.41) is 0. The first kappa shape index (κ1) is 18.6. The lowest BCUT2D eigenvalue weighted by atomic mass is 9.74. The third-order valence-corrected chi connectivity index (χ3v) is 5.43. The van der Waals surface area contributed by atoms with Gasteiger partial charge < -0.3 is 24.8 Å². The molecule has 1 aromatic carbocycles. The van der Waals surface area contributed by atoms with E-state index in [2.05, 4.69) is 17.0 Å². The van der Waals surface area contributed by atoms with E-state index in [1.807, 2.05) is 13.1 Å². The predicted molar refractivity (Wildman–Crippen MR) is 107 cm³/mol. The van der Waals surface area contributed by atoms with Gasteiger partial charge in [-0.15, -0.1) is 24.0 Å². The molecule has 2 heterocycles. The normalized spacial score (nSPS) is 21.6. The number of fused-ring (bicyclic) bond motifs is 1. The van der Waals surface area contributed by atoms with Crippen molar-refractivity contribution >= 4 is 29.9 Å². The van der Waals surface area contributed by atoms with Crippen LogP contribution in [0.25, 0.3) is 0 Å². The minimum atomic E-state index is -0.0474. The van der Waals surface area contributed by atoms with Crippen LogP contribution in [-0.4, -0.2) is 50.5 Å². The second kappa shape index (κ2) is 7.57. The molecule has 6 nitrogen and oxygen atoms in total. The van der Waals surface area contributed by atoms with Crippen molar-refractivity contribution in [1.82, 2.24) is 4.90 Å².